The van der Waals surface area contributed by atoms with Crippen molar-refractivity contribution in [2.45, 2.75) is 12.8 Å². The molecule has 0 aliphatic carbocycles. The largest absolute Gasteiger partial charge is 0.493 e. The van der Waals surface area contributed by atoms with Gasteiger partial charge in [-0.25, -0.2) is 0 Å². The van der Waals surface area contributed by atoms with Gasteiger partial charge < -0.3 is 15.7 Å². The van der Waals surface area contributed by atoms with Gasteiger partial charge in [-0.1, -0.05) is 47.6 Å². The minimum absolute atomic E-state index is 0.172. The van der Waals surface area contributed by atoms with E-state index in [9.17, 15) is 0 Å². The van der Waals surface area contributed by atoms with Crippen molar-refractivity contribution in [2.24, 2.45) is 10.9 Å². The van der Waals surface area contributed by atoms with Crippen LogP contribution in [0.5, 0.6) is 5.75 Å². The summed E-state index contributed by atoms with van der Waals surface area (Å²) in [5.74, 6) is 0.957. The fourth-order valence-electron chi connectivity index (χ4n) is 1.86. The van der Waals surface area contributed by atoms with Crippen molar-refractivity contribution in [1.29, 1.82) is 0 Å². The van der Waals surface area contributed by atoms with E-state index >= 15 is 0 Å². The van der Waals surface area contributed by atoms with Crippen molar-refractivity contribution >= 4 is 5.84 Å². The molecule has 0 unspecified atom stereocenters. The Morgan fingerprint density at radius 2 is 1.65 bits per heavy atom. The first-order valence-corrected chi connectivity index (χ1v) is 6.50. The van der Waals surface area contributed by atoms with Gasteiger partial charge in [0, 0.05) is 6.42 Å². The molecule has 3 N–H and O–H groups in total. The van der Waals surface area contributed by atoms with Crippen LogP contribution >= 0.6 is 0 Å². The van der Waals surface area contributed by atoms with Gasteiger partial charge in [-0.15, -0.1) is 0 Å². The number of benzene rings is 2. The van der Waals surface area contributed by atoms with Gasteiger partial charge in [0.25, 0.3) is 0 Å². The number of rotatable bonds is 6. The monoisotopic (exact) mass is 270 g/mol. The van der Waals surface area contributed by atoms with E-state index in [2.05, 4.69) is 17.3 Å². The van der Waals surface area contributed by atoms with E-state index in [1.807, 2.05) is 42.5 Å². The Balaban J connectivity index is 1.87. The summed E-state index contributed by atoms with van der Waals surface area (Å²) in [5, 5.41) is 11.3. The lowest BCUT2D eigenvalue weighted by Crippen LogP contribution is -2.15. The summed E-state index contributed by atoms with van der Waals surface area (Å²) >= 11 is 0. The summed E-state index contributed by atoms with van der Waals surface area (Å²) in [5.41, 5.74) is 7.89. The highest BCUT2D eigenvalue weighted by Gasteiger charge is 1.99. The molecule has 0 radical (unpaired) electrons. The van der Waals surface area contributed by atoms with Gasteiger partial charge >= 0.3 is 0 Å². The van der Waals surface area contributed by atoms with Gasteiger partial charge in [-0.05, 0) is 29.7 Å². The highest BCUT2D eigenvalue weighted by Crippen LogP contribution is 2.15. The highest BCUT2D eigenvalue weighted by atomic mass is 16.5. The average Bonchev–Trinajstić information content (AvgIpc) is 2.50. The van der Waals surface area contributed by atoms with Gasteiger partial charge in [0.15, 0.2) is 0 Å². The molecule has 2 aromatic rings. The van der Waals surface area contributed by atoms with Crippen LogP contribution in [0.15, 0.2) is 59.8 Å². The van der Waals surface area contributed by atoms with Crippen LogP contribution in [0, 0.1) is 0 Å². The van der Waals surface area contributed by atoms with Crippen LogP contribution in [0.4, 0.5) is 0 Å². The van der Waals surface area contributed by atoms with E-state index in [0.717, 1.165) is 12.2 Å². The molecule has 0 fully saturated rings. The summed E-state index contributed by atoms with van der Waals surface area (Å²) in [6.45, 7) is 0.397. The molecule has 0 heterocycles. The van der Waals surface area contributed by atoms with Crippen LogP contribution in [0.1, 0.15) is 17.5 Å². The predicted octanol–water partition coefficient (Wildman–Crippen LogP) is 2.79. The third kappa shape index (κ3) is 4.31. The smallest absolute Gasteiger partial charge is 0.142 e. The summed E-state index contributed by atoms with van der Waals surface area (Å²) < 4.78 is 5.51. The second-order valence-electron chi connectivity index (χ2n) is 4.50. The molecule has 0 aliphatic heterocycles. The molecule has 0 saturated heterocycles. The molecule has 4 heteroatoms. The zero-order valence-corrected chi connectivity index (χ0v) is 11.2. The molecule has 0 amide bonds. The van der Waals surface area contributed by atoms with Crippen LogP contribution in [-0.2, 0) is 6.42 Å². The Morgan fingerprint density at radius 1 is 1.00 bits per heavy atom. The highest BCUT2D eigenvalue weighted by molar-refractivity contribution is 5.79. The van der Waals surface area contributed by atoms with E-state index in [4.69, 9.17) is 15.7 Å². The van der Waals surface area contributed by atoms with Gasteiger partial charge in [0.1, 0.15) is 11.6 Å². The van der Waals surface area contributed by atoms with Crippen LogP contribution in [-0.4, -0.2) is 17.6 Å². The van der Waals surface area contributed by atoms with E-state index in [0.29, 0.717) is 13.0 Å². The predicted molar refractivity (Wildman–Crippen MR) is 79.2 cm³/mol. The quantitative estimate of drug-likeness (QED) is 0.367. The molecule has 0 atom stereocenters. The maximum absolute atomic E-state index is 8.42. The minimum atomic E-state index is 0.172. The van der Waals surface area contributed by atoms with Crippen molar-refractivity contribution in [3.63, 3.8) is 0 Å². The van der Waals surface area contributed by atoms with Crippen molar-refractivity contribution < 1.29 is 9.94 Å². The fourth-order valence-corrected chi connectivity index (χ4v) is 1.86. The maximum Gasteiger partial charge on any atom is 0.142 e. The third-order valence-corrected chi connectivity index (χ3v) is 2.93. The second-order valence-corrected chi connectivity index (χ2v) is 4.50. The first-order valence-electron chi connectivity index (χ1n) is 6.50. The third-order valence-electron chi connectivity index (χ3n) is 2.93. The molecule has 0 bridgehead atoms. The number of ether oxygens (including phenoxy) is 1. The topological polar surface area (TPSA) is 67.8 Å². The SMILES string of the molecule is NC(CCOc1ccc(Cc2ccccc2)cc1)=NO. The Hall–Kier alpha value is -2.49. The van der Waals surface area contributed by atoms with Crippen LogP contribution in [0.25, 0.3) is 0 Å². The molecule has 0 saturated carbocycles. The van der Waals surface area contributed by atoms with Gasteiger partial charge in [0.05, 0.1) is 6.61 Å². The fraction of sp³-hybridized carbons (Fsp3) is 0.188. The molecule has 0 aromatic heterocycles. The Morgan fingerprint density at radius 3 is 2.30 bits per heavy atom. The van der Waals surface area contributed by atoms with E-state index < -0.39 is 0 Å². The van der Waals surface area contributed by atoms with Crippen LogP contribution in [0.2, 0.25) is 0 Å². The molecule has 4 nitrogen and oxygen atoms in total. The molecular formula is C16H18N2O2. The van der Waals surface area contributed by atoms with Gasteiger partial charge in [-0.2, -0.15) is 0 Å². The van der Waals surface area contributed by atoms with Crippen LogP contribution in [0.3, 0.4) is 0 Å². The summed E-state index contributed by atoms with van der Waals surface area (Å²) in [7, 11) is 0. The molecule has 20 heavy (non-hydrogen) atoms. The van der Waals surface area contributed by atoms with Gasteiger partial charge in [-0.3, -0.25) is 0 Å². The first-order chi connectivity index (χ1) is 9.78. The zero-order chi connectivity index (χ0) is 14.2. The Bertz CT molecular complexity index is 550. The lowest BCUT2D eigenvalue weighted by atomic mass is 10.1. The molecular weight excluding hydrogens is 252 g/mol. The summed E-state index contributed by atoms with van der Waals surface area (Å²) in [4.78, 5) is 0. The Kier molecular flexibility index (Phi) is 5.00. The maximum atomic E-state index is 8.42. The van der Waals surface area contributed by atoms with E-state index in [-0.39, 0.29) is 5.84 Å². The number of amidine groups is 1. The molecule has 0 spiro atoms. The minimum Gasteiger partial charge on any atom is -0.493 e. The van der Waals surface area contributed by atoms with E-state index in [1.165, 1.54) is 11.1 Å². The number of hydrogen-bond acceptors (Lipinski definition) is 3. The van der Waals surface area contributed by atoms with Crippen molar-refractivity contribution in [3.05, 3.63) is 65.7 Å². The summed E-state index contributed by atoms with van der Waals surface area (Å²) in [6, 6.07) is 18.3. The zero-order valence-electron chi connectivity index (χ0n) is 11.2. The van der Waals surface area contributed by atoms with Crippen molar-refractivity contribution in [1.82, 2.24) is 0 Å². The lowest BCUT2D eigenvalue weighted by molar-refractivity contribution is 0.305. The molecule has 2 rings (SSSR count). The van der Waals surface area contributed by atoms with Crippen molar-refractivity contribution in [2.75, 3.05) is 6.61 Å². The molecule has 0 aliphatic rings. The summed E-state index contributed by atoms with van der Waals surface area (Å²) in [6.07, 6.45) is 1.31. The molecule has 104 valence electrons. The number of nitrogens with two attached hydrogens (primary N) is 1. The average molecular weight is 270 g/mol. The normalized spacial score (nSPS) is 11.3. The second kappa shape index (κ2) is 7.19. The van der Waals surface area contributed by atoms with Crippen LogP contribution < -0.4 is 10.5 Å². The Labute approximate surface area is 118 Å². The first kappa shape index (κ1) is 13.9. The number of nitrogens with zero attached hydrogens (tertiary/aromatic N) is 1. The van der Waals surface area contributed by atoms with Crippen molar-refractivity contribution in [3.8, 4) is 5.75 Å². The van der Waals surface area contributed by atoms with E-state index in [1.54, 1.807) is 0 Å². The number of hydrogen-bond donors (Lipinski definition) is 2. The number of oxime groups is 1. The standard InChI is InChI=1S/C16H18N2O2/c17-16(18-19)10-11-20-15-8-6-14(7-9-15)12-13-4-2-1-3-5-13/h1-9,19H,10-12H2,(H2,17,18). The lowest BCUT2D eigenvalue weighted by Gasteiger charge is -2.07. The van der Waals surface area contributed by atoms with Gasteiger partial charge in [0.2, 0.25) is 0 Å². The molecule has 2 aromatic carbocycles.